The van der Waals surface area contributed by atoms with Crippen molar-refractivity contribution in [2.24, 2.45) is 11.8 Å². The van der Waals surface area contributed by atoms with Gasteiger partial charge in [0.25, 0.3) is 0 Å². The topological polar surface area (TPSA) is 68.2 Å². The maximum atomic E-state index is 14.2. The fraction of sp³-hybridized carbons (Fsp3) is 0.345. The Kier molecular flexibility index (Phi) is 6.39. The lowest BCUT2D eigenvalue weighted by molar-refractivity contribution is -0.784. The van der Waals surface area contributed by atoms with Gasteiger partial charge in [-0.25, -0.2) is 9.59 Å². The Balaban J connectivity index is 1.45. The average molecular weight is 471 g/mol. The number of rotatable bonds is 5. The van der Waals surface area contributed by atoms with Crippen molar-refractivity contribution < 1.29 is 18.9 Å². The van der Waals surface area contributed by atoms with Crippen LogP contribution >= 0.6 is 0 Å². The molecule has 1 unspecified atom stereocenters. The molecule has 1 saturated heterocycles. The maximum absolute atomic E-state index is 14.2. The third-order valence-electron chi connectivity index (χ3n) is 7.90. The average Bonchev–Trinajstić information content (AvgIpc) is 3.65. The Morgan fingerprint density at radius 3 is 2.23 bits per heavy atom. The molecule has 2 fully saturated rings. The summed E-state index contributed by atoms with van der Waals surface area (Å²) in [6, 6.07) is 20.3. The maximum Gasteiger partial charge on any atom is 0.428 e. The Bertz CT molecular complexity index is 1220. The van der Waals surface area contributed by atoms with Gasteiger partial charge >= 0.3 is 11.9 Å². The number of hydrogen-bond acceptors (Lipinski definition) is 3. The lowest BCUT2D eigenvalue weighted by Gasteiger charge is -2.36. The summed E-state index contributed by atoms with van der Waals surface area (Å²) < 4.78 is 1.71. The number of likely N-dealkylation sites (tertiary alicyclic amines) is 1. The van der Waals surface area contributed by atoms with Crippen molar-refractivity contribution >= 4 is 23.4 Å². The first-order chi connectivity index (χ1) is 17.0. The normalized spacial score (nSPS) is 25.9. The molecule has 6 heteroatoms. The molecule has 1 aliphatic heterocycles. The minimum atomic E-state index is -0.436. The molecule has 4 atom stereocenters. The standard InChI is InChI=1S/C29H31N3O3/c1-21-11-10-20-32(21,29(35)30-25-16-5-6-17-26(25)31-18-7-8-19-31)28(34)24-15-9-14-23(24)27(33)22-12-3-2-4-13-22/h2-8,12-13,16-19,21,23-24H,9-11,14-15,20H2,1H3/p+1/t21-,23+,24+,32?/m1/s1. The van der Waals surface area contributed by atoms with Crippen LogP contribution in [0.25, 0.3) is 5.69 Å². The molecule has 0 bridgehead atoms. The number of ketones is 1. The summed E-state index contributed by atoms with van der Waals surface area (Å²) in [7, 11) is 0. The second-order valence-electron chi connectivity index (χ2n) is 9.83. The van der Waals surface area contributed by atoms with E-state index in [1.807, 2.05) is 90.6 Å². The highest BCUT2D eigenvalue weighted by Crippen LogP contribution is 2.41. The van der Waals surface area contributed by atoms with Gasteiger partial charge in [0.15, 0.2) is 5.78 Å². The van der Waals surface area contributed by atoms with Gasteiger partial charge in [-0.3, -0.25) is 10.1 Å². The predicted octanol–water partition coefficient (Wildman–Crippen LogP) is 5.83. The van der Waals surface area contributed by atoms with E-state index in [0.29, 0.717) is 30.6 Å². The van der Waals surface area contributed by atoms with Crippen LogP contribution in [-0.2, 0) is 4.79 Å². The zero-order valence-electron chi connectivity index (χ0n) is 20.1. The van der Waals surface area contributed by atoms with Gasteiger partial charge in [0.05, 0.1) is 23.8 Å². The number of nitrogens with one attached hydrogen (secondary N) is 1. The number of carbonyl (C=O) groups is 3. The summed E-state index contributed by atoms with van der Waals surface area (Å²) in [6.45, 7) is 2.46. The molecule has 6 nitrogen and oxygen atoms in total. The van der Waals surface area contributed by atoms with Crippen LogP contribution in [0.2, 0.25) is 0 Å². The third kappa shape index (κ3) is 4.12. The summed E-state index contributed by atoms with van der Waals surface area (Å²) in [5.74, 6) is -0.885. The molecular formula is C29H32N3O3+. The van der Waals surface area contributed by atoms with E-state index in [-0.39, 0.29) is 34.2 Å². The molecule has 0 radical (unpaired) electrons. The summed E-state index contributed by atoms with van der Waals surface area (Å²) >= 11 is 0. The van der Waals surface area contributed by atoms with Crippen molar-refractivity contribution in [3.63, 3.8) is 0 Å². The molecule has 5 rings (SSSR count). The number of amides is 3. The first-order valence-electron chi connectivity index (χ1n) is 12.6. The fourth-order valence-electron chi connectivity index (χ4n) is 6.00. The number of quaternary nitrogens is 1. The van der Waals surface area contributed by atoms with Crippen molar-refractivity contribution in [1.29, 1.82) is 0 Å². The number of anilines is 1. The van der Waals surface area contributed by atoms with E-state index in [9.17, 15) is 14.4 Å². The van der Waals surface area contributed by atoms with Crippen LogP contribution in [0.5, 0.6) is 0 Å². The number of aromatic nitrogens is 1. The summed E-state index contributed by atoms with van der Waals surface area (Å²) in [5, 5.41) is 3.10. The SMILES string of the molecule is C[C@@H]1CCC[N+]1(C(=O)Nc1ccccc1-n1cccc1)C(=O)[C@H]1CCC[C@@H]1C(=O)c1ccccc1. The fourth-order valence-corrected chi connectivity index (χ4v) is 6.00. The van der Waals surface area contributed by atoms with E-state index in [2.05, 4.69) is 5.32 Å². The Morgan fingerprint density at radius 2 is 1.51 bits per heavy atom. The Morgan fingerprint density at radius 1 is 0.829 bits per heavy atom. The molecule has 180 valence electrons. The highest BCUT2D eigenvalue weighted by Gasteiger charge is 2.57. The van der Waals surface area contributed by atoms with Gasteiger partial charge in [-0.15, -0.1) is 0 Å². The number of hydrogen-bond donors (Lipinski definition) is 1. The molecule has 3 aromatic rings. The zero-order chi connectivity index (χ0) is 24.4. The van der Waals surface area contributed by atoms with Crippen LogP contribution in [0, 0.1) is 11.8 Å². The van der Waals surface area contributed by atoms with Gasteiger partial charge in [-0.2, -0.15) is 4.48 Å². The van der Waals surface area contributed by atoms with Gasteiger partial charge < -0.3 is 4.57 Å². The number of urea groups is 1. The molecule has 0 spiro atoms. The number of benzene rings is 2. The summed E-state index contributed by atoms with van der Waals surface area (Å²) in [4.78, 5) is 41.5. The van der Waals surface area contributed by atoms with E-state index in [1.165, 1.54) is 0 Å². The monoisotopic (exact) mass is 470 g/mol. The van der Waals surface area contributed by atoms with Crippen LogP contribution in [-0.4, -0.2) is 39.4 Å². The lowest BCUT2D eigenvalue weighted by Crippen LogP contribution is -2.63. The quantitative estimate of drug-likeness (QED) is 0.377. The van der Waals surface area contributed by atoms with Gasteiger partial charge in [-0.05, 0) is 44.0 Å². The predicted molar refractivity (Wildman–Crippen MR) is 135 cm³/mol. The number of nitrogens with zero attached hydrogens (tertiary/aromatic N) is 2. The third-order valence-corrected chi connectivity index (χ3v) is 7.90. The molecule has 35 heavy (non-hydrogen) atoms. The van der Waals surface area contributed by atoms with E-state index < -0.39 is 5.92 Å². The molecule has 3 amide bonds. The molecule has 1 saturated carbocycles. The zero-order valence-corrected chi connectivity index (χ0v) is 20.1. The number of para-hydroxylation sites is 2. The summed E-state index contributed by atoms with van der Waals surface area (Å²) in [5.41, 5.74) is 2.16. The second-order valence-corrected chi connectivity index (χ2v) is 9.83. The van der Waals surface area contributed by atoms with Gasteiger partial charge in [0, 0.05) is 36.7 Å². The van der Waals surface area contributed by atoms with Gasteiger partial charge in [0.2, 0.25) is 0 Å². The number of Topliss-reactive ketones (excluding diaryl/α,β-unsaturated/α-hetero) is 1. The molecule has 1 aromatic heterocycles. The lowest BCUT2D eigenvalue weighted by atomic mass is 9.86. The molecule has 2 aromatic carbocycles. The van der Waals surface area contributed by atoms with Crippen LogP contribution in [0.4, 0.5) is 10.5 Å². The first-order valence-corrected chi connectivity index (χ1v) is 12.6. The molecule has 2 heterocycles. The van der Waals surface area contributed by atoms with Crippen LogP contribution in [0.1, 0.15) is 49.4 Å². The highest BCUT2D eigenvalue weighted by molar-refractivity contribution is 6.02. The van der Waals surface area contributed by atoms with Crippen LogP contribution < -0.4 is 5.32 Å². The van der Waals surface area contributed by atoms with E-state index in [1.54, 1.807) is 0 Å². The van der Waals surface area contributed by atoms with Crippen molar-refractivity contribution in [2.45, 2.75) is 45.1 Å². The molecule has 1 N–H and O–H groups in total. The highest BCUT2D eigenvalue weighted by atomic mass is 16.2. The number of imide groups is 1. The van der Waals surface area contributed by atoms with Crippen LogP contribution in [0.15, 0.2) is 79.1 Å². The second kappa shape index (κ2) is 9.62. The van der Waals surface area contributed by atoms with Crippen molar-refractivity contribution in [3.8, 4) is 5.69 Å². The van der Waals surface area contributed by atoms with Crippen molar-refractivity contribution in [2.75, 3.05) is 11.9 Å². The minimum Gasteiger partial charge on any atom is -0.322 e. The van der Waals surface area contributed by atoms with E-state index in [0.717, 1.165) is 24.9 Å². The summed E-state index contributed by atoms with van der Waals surface area (Å²) in [6.07, 6.45) is 7.64. The van der Waals surface area contributed by atoms with Crippen LogP contribution in [0.3, 0.4) is 0 Å². The van der Waals surface area contributed by atoms with Crippen molar-refractivity contribution in [1.82, 2.24) is 4.57 Å². The molecular weight excluding hydrogens is 438 g/mol. The first kappa shape index (κ1) is 23.2. The van der Waals surface area contributed by atoms with Crippen molar-refractivity contribution in [3.05, 3.63) is 84.7 Å². The van der Waals surface area contributed by atoms with E-state index in [4.69, 9.17) is 0 Å². The smallest absolute Gasteiger partial charge is 0.322 e. The molecule has 2 aliphatic rings. The number of carbonyl (C=O) groups excluding carboxylic acids is 3. The molecule has 1 aliphatic carbocycles. The van der Waals surface area contributed by atoms with Gasteiger partial charge in [-0.1, -0.05) is 48.9 Å². The van der Waals surface area contributed by atoms with Gasteiger partial charge in [0.1, 0.15) is 6.04 Å². The minimum absolute atomic E-state index is 0.0183. The Labute approximate surface area is 206 Å². The largest absolute Gasteiger partial charge is 0.428 e. The Hall–Kier alpha value is -3.51. The van der Waals surface area contributed by atoms with E-state index >= 15 is 0 Å².